The van der Waals surface area contributed by atoms with E-state index in [0.717, 1.165) is 12.2 Å². The number of carboxylic acids is 1. The molecular formula is C40H115O14PSSi12. The van der Waals surface area contributed by atoms with Crippen molar-refractivity contribution in [2.24, 2.45) is 0 Å². The van der Waals surface area contributed by atoms with Gasteiger partial charge in [-0.1, -0.05) is 20.8 Å². The second-order valence-corrected chi connectivity index (χ2v) is 77.0. The van der Waals surface area contributed by atoms with E-state index in [0.29, 0.717) is 12.8 Å². The summed E-state index contributed by atoms with van der Waals surface area (Å²) in [4.78, 5) is 25.9. The van der Waals surface area contributed by atoms with Crippen molar-refractivity contribution in [1.29, 1.82) is 0 Å². The molecule has 0 rings (SSSR count). The first-order valence-electron chi connectivity index (χ1n) is 24.3. The first-order valence-corrected chi connectivity index (χ1v) is 64.1. The third-order valence-electron chi connectivity index (χ3n) is 5.99. The van der Waals surface area contributed by atoms with E-state index >= 15 is 0 Å². The molecule has 0 aromatic carbocycles. The maximum atomic E-state index is 9.93. The van der Waals surface area contributed by atoms with Crippen molar-refractivity contribution in [1.82, 2.24) is 0 Å². The quantitative estimate of drug-likeness (QED) is 0.0431. The monoisotopic (exact) mass is 1220 g/mol. The Balaban J connectivity index is -0.000000183. The molecule has 0 fully saturated rings. The lowest BCUT2D eigenvalue weighted by Crippen LogP contribution is -2.58. The lowest BCUT2D eigenvalue weighted by molar-refractivity contribution is -0.137. The fourth-order valence-corrected chi connectivity index (χ4v) is 60.3. The predicted molar refractivity (Wildman–Crippen MR) is 329 cm³/mol. The van der Waals surface area contributed by atoms with Crippen LogP contribution in [0.2, 0.25) is 196 Å². The van der Waals surface area contributed by atoms with Crippen LogP contribution in [-0.2, 0) is 46.4 Å². The van der Waals surface area contributed by atoms with Gasteiger partial charge in [-0.05, 0) is 221 Å². The number of carboxylic acid groups (broad SMARTS) is 1. The minimum absolute atomic E-state index is 0.00694. The maximum absolute atomic E-state index is 9.93. The lowest BCUT2D eigenvalue weighted by atomic mass is 10.4. The van der Waals surface area contributed by atoms with Gasteiger partial charge < -0.3 is 51.9 Å². The predicted octanol–water partition coefficient (Wildman–Crippen LogP) is 15.1. The highest BCUT2D eigenvalue weighted by atomic mass is 32.1. The second kappa shape index (κ2) is 33.4. The molecule has 0 aliphatic heterocycles. The van der Waals surface area contributed by atoms with Gasteiger partial charge in [-0.2, -0.15) is 12.6 Å². The average Bonchev–Trinajstić information content (AvgIpc) is 2.87. The van der Waals surface area contributed by atoms with Gasteiger partial charge in [0.05, 0.1) is 0 Å². The second-order valence-electron chi connectivity index (χ2n) is 25.2. The summed E-state index contributed by atoms with van der Waals surface area (Å²) >= 11 is 3.92. The first kappa shape index (κ1) is 81.6. The van der Waals surface area contributed by atoms with Crippen LogP contribution in [0.5, 0.6) is 0 Å². The van der Waals surface area contributed by atoms with Crippen LogP contribution in [-0.4, -0.2) is 134 Å². The Morgan fingerprint density at radius 3 is 0.603 bits per heavy atom. The molecule has 0 saturated carbocycles. The summed E-state index contributed by atoms with van der Waals surface area (Å²) in [5.74, 6) is 0.303. The molecule has 0 atom stereocenters. The molecule has 0 amide bonds. The van der Waals surface area contributed by atoms with E-state index in [9.17, 15) is 9.36 Å². The van der Waals surface area contributed by atoms with Gasteiger partial charge >= 0.3 is 64.9 Å². The van der Waals surface area contributed by atoms with E-state index in [1.54, 1.807) is 6.92 Å². The van der Waals surface area contributed by atoms with Crippen LogP contribution in [0.3, 0.4) is 0 Å². The normalized spacial score (nSPS) is 13.8. The summed E-state index contributed by atoms with van der Waals surface area (Å²) in [5.41, 5.74) is 0. The van der Waals surface area contributed by atoms with Gasteiger partial charge in [0.1, 0.15) is 0 Å². The number of rotatable bonds is 23. The molecule has 28 heteroatoms. The number of aliphatic carboxylic acids is 1. The molecule has 418 valence electrons. The van der Waals surface area contributed by atoms with Crippen LogP contribution in [0.4, 0.5) is 0 Å². The molecule has 0 heterocycles. The molecule has 0 saturated heterocycles. The molecule has 14 nitrogen and oxygen atoms in total. The molecule has 0 radical (unpaired) electrons. The number of hydrogen-bond donors (Lipinski definition) is 4. The molecule has 0 aliphatic carbocycles. The van der Waals surface area contributed by atoms with E-state index in [1.807, 2.05) is 6.92 Å². The SMILES string of the molecule is CCCC(=O)O.CCCP(=O)(O)O.CCCS.C[Si](C)(C)O[Si](C)(C)O[Si](C)(C)C.C[Si](C)(C)O[Si](C)(C)O[Si](C)(C)O[Si](C)(C)C.C[Si](C)(C)O[Si](C)(C)O[Si](C)(C)O[Si](C)(C)O[Si](C)(C)C. The molecular weight excluding hydrogens is 1100 g/mol. The molecule has 0 unspecified atom stereocenters. The van der Waals surface area contributed by atoms with Crippen LogP contribution in [0.1, 0.15) is 46.5 Å². The van der Waals surface area contributed by atoms with Crippen molar-refractivity contribution in [2.75, 3.05) is 11.9 Å². The van der Waals surface area contributed by atoms with E-state index in [2.05, 4.69) is 216 Å². The molecule has 0 spiro atoms. The van der Waals surface area contributed by atoms with Gasteiger partial charge in [-0.3, -0.25) is 9.36 Å². The highest BCUT2D eigenvalue weighted by Gasteiger charge is 2.45. The average molecular weight is 1220 g/mol. The van der Waals surface area contributed by atoms with Gasteiger partial charge in [0.25, 0.3) is 0 Å². The first-order chi connectivity index (χ1) is 29.1. The summed E-state index contributed by atoms with van der Waals surface area (Å²) in [6, 6.07) is 0. The van der Waals surface area contributed by atoms with Crippen LogP contribution >= 0.6 is 20.2 Å². The fourth-order valence-electron chi connectivity index (χ4n) is 6.83. The van der Waals surface area contributed by atoms with Gasteiger partial charge in [-0.15, -0.1) is 0 Å². The number of thiol groups is 1. The van der Waals surface area contributed by atoms with Crippen molar-refractivity contribution in [3.63, 3.8) is 0 Å². The van der Waals surface area contributed by atoms with Gasteiger partial charge in [0.15, 0.2) is 49.9 Å². The van der Waals surface area contributed by atoms with Gasteiger partial charge in [-0.25, -0.2) is 0 Å². The summed E-state index contributed by atoms with van der Waals surface area (Å²) in [6.45, 7) is 71.0. The summed E-state index contributed by atoms with van der Waals surface area (Å²) in [5, 5.41) is 7.91. The van der Waals surface area contributed by atoms with Crippen LogP contribution in [0.15, 0.2) is 0 Å². The Labute approximate surface area is 440 Å². The number of carbonyl (C=O) groups is 1. The van der Waals surface area contributed by atoms with Crippen LogP contribution < -0.4 is 0 Å². The van der Waals surface area contributed by atoms with Crippen molar-refractivity contribution in [3.8, 4) is 0 Å². The fraction of sp³-hybridized carbons (Fsp3) is 0.975. The smallest absolute Gasteiger partial charge is 0.325 e. The molecule has 3 N–H and O–H groups in total. The zero-order chi connectivity index (χ0) is 56.7. The Morgan fingerprint density at radius 1 is 0.368 bits per heavy atom. The van der Waals surface area contributed by atoms with E-state index < -0.39 is 115 Å². The highest BCUT2D eigenvalue weighted by Crippen LogP contribution is 2.34. The molecule has 0 aromatic rings. The minimum Gasteiger partial charge on any atom is -0.481 e. The molecule has 68 heavy (non-hydrogen) atoms. The molecule has 0 bridgehead atoms. The third kappa shape index (κ3) is 74.7. The number of hydrogen-bond acceptors (Lipinski definition) is 12. The summed E-state index contributed by atoms with van der Waals surface area (Å²) in [7, 11) is -25.3. The Bertz CT molecular complexity index is 1310. The Morgan fingerprint density at radius 2 is 0.529 bits per heavy atom. The zero-order valence-electron chi connectivity index (χ0n) is 50.5. The van der Waals surface area contributed by atoms with E-state index in [1.165, 1.54) is 6.42 Å². The Hall–Kier alpha value is 2.21. The van der Waals surface area contributed by atoms with Gasteiger partial charge in [0, 0.05) is 12.6 Å². The largest absolute Gasteiger partial charge is 0.481 e. The van der Waals surface area contributed by atoms with Gasteiger partial charge in [0.2, 0.25) is 0 Å². The van der Waals surface area contributed by atoms with E-state index in [4.69, 9.17) is 51.9 Å². The standard InChI is InChI=1S/C12H36O4Si5.C10H30O3Si4.C8H24O2Si3.C4H8O2.C3H9O3P.C3H8S/c1-17(2,3)13-19(7,8)15-21(11,12)16-20(9,10)14-18(4,5)6;1-14(2,3)11-16(7,8)13-17(9,10)12-15(4,5)6;1-11(2,3)9-13(7,8)10-12(4,5)6;1-2-3-4(5)6;1-2-3-7(4,5)6;1-2-3-4/h1-12H3;1-10H3;1-8H3;2-3H2,1H3,(H,5,6);2-3H2,1H3,(H2,4,5,6);4H,2-3H2,1H3. The Kier molecular flexibility index (Phi) is 40.1. The van der Waals surface area contributed by atoms with Crippen molar-refractivity contribution >= 4 is 127 Å². The van der Waals surface area contributed by atoms with Crippen molar-refractivity contribution in [3.05, 3.63) is 0 Å². The van der Waals surface area contributed by atoms with Crippen molar-refractivity contribution < 1.29 is 61.3 Å². The lowest BCUT2D eigenvalue weighted by Gasteiger charge is -2.41. The summed E-state index contributed by atoms with van der Waals surface area (Å²) < 4.78 is 66.1. The molecule has 0 aromatic heterocycles. The zero-order valence-corrected chi connectivity index (χ0v) is 64.3. The minimum atomic E-state index is -3.67. The summed E-state index contributed by atoms with van der Waals surface area (Å²) in [6.07, 6.45) is 2.76. The highest BCUT2D eigenvalue weighted by molar-refractivity contribution is 7.80. The van der Waals surface area contributed by atoms with Crippen LogP contribution in [0, 0.1) is 0 Å². The van der Waals surface area contributed by atoms with Crippen LogP contribution in [0.25, 0.3) is 0 Å². The third-order valence-corrected chi connectivity index (χ3v) is 45.8. The molecule has 0 aliphatic rings. The van der Waals surface area contributed by atoms with E-state index in [-0.39, 0.29) is 6.16 Å². The topological polar surface area (TPSA) is 178 Å². The van der Waals surface area contributed by atoms with Crippen molar-refractivity contribution in [2.45, 2.75) is 243 Å². The maximum Gasteiger partial charge on any atom is 0.325 e.